The summed E-state index contributed by atoms with van der Waals surface area (Å²) in [5.41, 5.74) is -0.157. The molecule has 3 amide bonds. The third-order valence-electron chi connectivity index (χ3n) is 4.47. The van der Waals surface area contributed by atoms with E-state index in [4.69, 9.17) is 6.42 Å². The summed E-state index contributed by atoms with van der Waals surface area (Å²) in [5, 5.41) is 2.70. The molecule has 1 N–H and O–H groups in total. The van der Waals surface area contributed by atoms with Gasteiger partial charge in [-0.05, 0) is 43.7 Å². The van der Waals surface area contributed by atoms with E-state index < -0.39 is 17.5 Å². The molecule has 7 nitrogen and oxygen atoms in total. The summed E-state index contributed by atoms with van der Waals surface area (Å²) in [6.07, 6.45) is 11.6. The van der Waals surface area contributed by atoms with Gasteiger partial charge in [0, 0.05) is 12.3 Å². The number of pyridine rings is 1. The fraction of sp³-hybridized carbons (Fsp3) is 0.200. The van der Waals surface area contributed by atoms with E-state index in [2.05, 4.69) is 16.2 Å². The number of hydrogen-bond acceptors (Lipinski definition) is 4. The maximum Gasteiger partial charge on any atom is 0.325 e. The number of hydrogen-bond donors (Lipinski definition) is 1. The van der Waals surface area contributed by atoms with Gasteiger partial charge < -0.3 is 5.32 Å². The average molecular weight is 362 g/mol. The summed E-state index contributed by atoms with van der Waals surface area (Å²) in [7, 11) is 0. The van der Waals surface area contributed by atoms with Gasteiger partial charge in [-0.3, -0.25) is 18.9 Å². The van der Waals surface area contributed by atoms with E-state index in [1.165, 1.54) is 16.5 Å². The molecule has 1 atom stereocenters. The van der Waals surface area contributed by atoms with Crippen LogP contribution in [0.1, 0.15) is 19.5 Å². The molecule has 1 aliphatic heterocycles. The molecule has 3 heterocycles. The van der Waals surface area contributed by atoms with Gasteiger partial charge in [0.2, 0.25) is 0 Å². The molecule has 27 heavy (non-hydrogen) atoms. The minimum absolute atomic E-state index is 0.100. The lowest BCUT2D eigenvalue weighted by Gasteiger charge is -2.23. The largest absolute Gasteiger partial charge is 0.325 e. The van der Waals surface area contributed by atoms with Gasteiger partial charge in [0.25, 0.3) is 11.5 Å². The summed E-state index contributed by atoms with van der Waals surface area (Å²) >= 11 is 0. The molecule has 136 valence electrons. The van der Waals surface area contributed by atoms with Crippen molar-refractivity contribution in [2.24, 2.45) is 0 Å². The van der Waals surface area contributed by atoms with E-state index in [9.17, 15) is 14.4 Å². The number of allylic oxidation sites excluding steroid dienone is 2. The maximum atomic E-state index is 13.0. The standard InChI is InChI=1S/C20H18N4O3/c1-4-6-9-14(5-2)20(3)18(26)24(19(27)22-20)13-15-12-17(25)23-11-8-7-10-16(23)21-15/h1,5-12H,13H2,2-3H3,(H,22,27)/b9-6-,14-5+. The van der Waals surface area contributed by atoms with Gasteiger partial charge in [-0.15, -0.1) is 6.42 Å². The number of imide groups is 1. The average Bonchev–Trinajstić information content (AvgIpc) is 2.86. The van der Waals surface area contributed by atoms with Crippen molar-refractivity contribution >= 4 is 17.6 Å². The Morgan fingerprint density at radius 2 is 2.15 bits per heavy atom. The Labute approximate surface area is 156 Å². The minimum Gasteiger partial charge on any atom is -0.319 e. The fourth-order valence-electron chi connectivity index (χ4n) is 3.07. The topological polar surface area (TPSA) is 83.8 Å². The lowest BCUT2D eigenvalue weighted by atomic mass is 9.91. The lowest BCUT2D eigenvalue weighted by Crippen LogP contribution is -2.45. The summed E-state index contributed by atoms with van der Waals surface area (Å²) < 4.78 is 1.39. The number of nitrogens with zero attached hydrogens (tertiary/aromatic N) is 3. The molecular formula is C20H18N4O3. The van der Waals surface area contributed by atoms with Crippen LogP contribution >= 0.6 is 0 Å². The summed E-state index contributed by atoms with van der Waals surface area (Å²) in [6.45, 7) is 3.28. The lowest BCUT2D eigenvalue weighted by molar-refractivity contribution is -0.129. The van der Waals surface area contributed by atoms with Gasteiger partial charge in [0.1, 0.15) is 11.2 Å². The first-order valence-electron chi connectivity index (χ1n) is 8.31. The van der Waals surface area contributed by atoms with Crippen molar-refractivity contribution in [3.8, 4) is 12.3 Å². The van der Waals surface area contributed by atoms with Crippen LogP contribution < -0.4 is 10.9 Å². The Morgan fingerprint density at radius 1 is 1.37 bits per heavy atom. The van der Waals surface area contributed by atoms with Crippen molar-refractivity contribution in [2.45, 2.75) is 25.9 Å². The highest BCUT2D eigenvalue weighted by Crippen LogP contribution is 2.27. The fourth-order valence-corrected chi connectivity index (χ4v) is 3.07. The van der Waals surface area contributed by atoms with Crippen molar-refractivity contribution in [1.29, 1.82) is 0 Å². The van der Waals surface area contributed by atoms with Crippen molar-refractivity contribution in [2.75, 3.05) is 0 Å². The van der Waals surface area contributed by atoms with Crippen LogP contribution in [-0.2, 0) is 11.3 Å². The van der Waals surface area contributed by atoms with Gasteiger partial charge in [0.15, 0.2) is 0 Å². The molecule has 3 rings (SSSR count). The van der Waals surface area contributed by atoms with Crippen LogP contribution in [0.25, 0.3) is 5.65 Å². The highest BCUT2D eigenvalue weighted by Gasteiger charge is 2.49. The molecule has 0 aliphatic carbocycles. The van der Waals surface area contributed by atoms with Crippen molar-refractivity contribution in [3.63, 3.8) is 0 Å². The quantitative estimate of drug-likeness (QED) is 0.509. The first kappa shape index (κ1) is 18.1. The minimum atomic E-state index is -1.23. The first-order valence-corrected chi connectivity index (χ1v) is 8.31. The molecule has 1 aliphatic rings. The molecule has 2 aromatic heterocycles. The van der Waals surface area contributed by atoms with E-state index in [-0.39, 0.29) is 12.1 Å². The van der Waals surface area contributed by atoms with Crippen LogP contribution in [0.2, 0.25) is 0 Å². The normalized spacial score (nSPS) is 20.3. The van der Waals surface area contributed by atoms with Gasteiger partial charge in [-0.2, -0.15) is 0 Å². The number of urea groups is 1. The third kappa shape index (κ3) is 3.13. The number of aromatic nitrogens is 2. The van der Waals surface area contributed by atoms with Crippen LogP contribution in [0.3, 0.4) is 0 Å². The van der Waals surface area contributed by atoms with E-state index in [0.29, 0.717) is 16.9 Å². The predicted octanol–water partition coefficient (Wildman–Crippen LogP) is 1.64. The monoisotopic (exact) mass is 362 g/mol. The molecular weight excluding hydrogens is 344 g/mol. The van der Waals surface area contributed by atoms with Crippen LogP contribution in [0.5, 0.6) is 0 Å². The van der Waals surface area contributed by atoms with Crippen LogP contribution in [-0.4, -0.2) is 31.8 Å². The van der Waals surface area contributed by atoms with E-state index in [1.807, 2.05) is 0 Å². The molecule has 1 unspecified atom stereocenters. The molecule has 0 saturated carbocycles. The molecule has 2 aromatic rings. The van der Waals surface area contributed by atoms with Crippen molar-refractivity contribution < 1.29 is 9.59 Å². The highest BCUT2D eigenvalue weighted by molar-refractivity contribution is 6.09. The second-order valence-electron chi connectivity index (χ2n) is 6.21. The molecule has 0 spiro atoms. The number of carbonyl (C=O) groups excluding carboxylic acids is 2. The van der Waals surface area contributed by atoms with Gasteiger partial charge >= 0.3 is 6.03 Å². The third-order valence-corrected chi connectivity index (χ3v) is 4.47. The number of carbonyl (C=O) groups is 2. The zero-order valence-electron chi connectivity index (χ0n) is 15.0. The maximum absolute atomic E-state index is 13.0. The van der Waals surface area contributed by atoms with Crippen molar-refractivity contribution in [3.05, 3.63) is 70.3 Å². The zero-order chi connectivity index (χ0) is 19.6. The smallest absolute Gasteiger partial charge is 0.319 e. The molecule has 0 aromatic carbocycles. The number of amides is 3. The Kier molecular flexibility index (Phi) is 4.65. The zero-order valence-corrected chi connectivity index (χ0v) is 15.0. The predicted molar refractivity (Wildman–Crippen MR) is 101 cm³/mol. The number of fused-ring (bicyclic) bond motifs is 1. The molecule has 0 bridgehead atoms. The summed E-state index contributed by atoms with van der Waals surface area (Å²) in [6, 6.07) is 5.93. The Hall–Kier alpha value is -3.66. The van der Waals surface area contributed by atoms with E-state index in [0.717, 1.165) is 4.90 Å². The second kappa shape index (κ2) is 6.92. The summed E-state index contributed by atoms with van der Waals surface area (Å²) in [5.74, 6) is 1.93. The number of rotatable bonds is 4. The highest BCUT2D eigenvalue weighted by atomic mass is 16.2. The second-order valence-corrected chi connectivity index (χ2v) is 6.21. The Morgan fingerprint density at radius 3 is 2.85 bits per heavy atom. The summed E-state index contributed by atoms with van der Waals surface area (Å²) in [4.78, 5) is 43.0. The molecule has 0 radical (unpaired) electrons. The van der Waals surface area contributed by atoms with Gasteiger partial charge in [-0.1, -0.05) is 18.1 Å². The van der Waals surface area contributed by atoms with Gasteiger partial charge in [0.05, 0.1) is 12.2 Å². The number of terminal acetylenes is 1. The number of nitrogens with one attached hydrogen (secondary N) is 1. The molecule has 1 fully saturated rings. The van der Waals surface area contributed by atoms with Crippen LogP contribution in [0, 0.1) is 12.3 Å². The SMILES string of the molecule is C#C/C=C\C(=C/C)C1(C)NC(=O)N(Cc2cc(=O)n3ccccc3n2)C1=O. The van der Waals surface area contributed by atoms with Crippen molar-refractivity contribution in [1.82, 2.24) is 19.6 Å². The van der Waals surface area contributed by atoms with Crippen LogP contribution in [0.15, 0.2) is 59.1 Å². The molecule has 1 saturated heterocycles. The van der Waals surface area contributed by atoms with E-state index in [1.54, 1.807) is 50.4 Å². The van der Waals surface area contributed by atoms with E-state index >= 15 is 0 Å². The van der Waals surface area contributed by atoms with Crippen LogP contribution in [0.4, 0.5) is 4.79 Å². The molecule has 7 heteroatoms. The Bertz CT molecular complexity index is 1090. The Balaban J connectivity index is 1.94. The first-order chi connectivity index (χ1) is 12.9. The van der Waals surface area contributed by atoms with Gasteiger partial charge in [-0.25, -0.2) is 9.78 Å².